The van der Waals surface area contributed by atoms with E-state index in [9.17, 15) is 0 Å². The first-order valence-electron chi connectivity index (χ1n) is 0.333. The van der Waals surface area contributed by atoms with Crippen LogP contribution in [0.4, 0.5) is 0 Å². The molecule has 0 unspecified atom stereocenters. The largest absolute Gasteiger partial charge is 0 e. The number of rotatable bonds is 0. The van der Waals surface area contributed by atoms with Crippen molar-refractivity contribution in [1.82, 2.24) is 0 Å². The Morgan fingerprint density at radius 2 is 1.20 bits per heavy atom. The molecule has 0 spiro atoms. The minimum atomic E-state index is -0.363. The van der Waals surface area contributed by atoms with Crippen molar-refractivity contribution in [1.29, 1.82) is 0 Å². The Labute approximate surface area is 65.1 Å². The molecule has 0 fully saturated rings. The van der Waals surface area contributed by atoms with Crippen LogP contribution in [0.25, 0.3) is 0 Å². The van der Waals surface area contributed by atoms with Crippen LogP contribution in [0.5, 0.6) is 0 Å². The smallest absolute Gasteiger partial charge is 0 e. The summed E-state index contributed by atoms with van der Waals surface area (Å²) in [7, 11) is 8.68. The molecule has 0 saturated heterocycles. The van der Waals surface area contributed by atoms with Crippen molar-refractivity contribution in [3.63, 3.8) is 0 Å². The molecule has 0 amide bonds. The van der Waals surface area contributed by atoms with E-state index < -0.39 is 0 Å². The molecular weight excluding hydrogens is 291 g/mol. The second-order valence-corrected chi connectivity index (χ2v) is 3.62. The van der Waals surface area contributed by atoms with E-state index in [1.807, 2.05) is 0 Å². The minimum Gasteiger partial charge on any atom is 0 e. The fourth-order valence-electron chi connectivity index (χ4n) is 0. The summed E-state index contributed by atoms with van der Waals surface area (Å²) in [4.78, 5) is 0. The first-order chi connectivity index (χ1) is 1.41. The molecule has 4 heteroatoms. The van der Waals surface area contributed by atoms with E-state index in [1.165, 1.54) is 0 Å². The summed E-state index contributed by atoms with van der Waals surface area (Å²) in [6, 6.07) is 0. The van der Waals surface area contributed by atoms with Crippen LogP contribution in [0, 0.1) is 0 Å². The summed E-state index contributed by atoms with van der Waals surface area (Å²) in [6.07, 6.45) is 0. The van der Waals surface area contributed by atoms with E-state index in [0.717, 1.165) is 0 Å². The van der Waals surface area contributed by atoms with Crippen molar-refractivity contribution in [2.45, 2.75) is 7.43 Å². The first-order valence-corrected chi connectivity index (χ1v) is 5.92. The second-order valence-electron chi connectivity index (χ2n) is 0.0680. The maximum absolute atomic E-state index is 4.34. The van der Waals surface area contributed by atoms with Crippen molar-refractivity contribution in [2.24, 2.45) is 0 Å². The molecule has 0 nitrogen and oxygen atoms in total. The molecule has 0 aliphatic heterocycles. The molecular formula is CH4MoS2Sn. The molecule has 4 radical (unpaired) electrons. The van der Waals surface area contributed by atoms with Crippen molar-refractivity contribution in [3.05, 3.63) is 0 Å². The van der Waals surface area contributed by atoms with Gasteiger partial charge in [-0.2, -0.15) is 0 Å². The third-order valence-electron chi connectivity index (χ3n) is 0. The molecule has 0 bridgehead atoms. The predicted molar refractivity (Wildman–Crippen MR) is 27.7 cm³/mol. The fraction of sp³-hybridized carbons (Fsp3) is 1.00. The van der Waals surface area contributed by atoms with Gasteiger partial charge in [-0.1, -0.05) is 7.43 Å². The average Bonchev–Trinajstić information content (AvgIpc) is 0.918. The van der Waals surface area contributed by atoms with Crippen LogP contribution >= 0.6 is 19.6 Å². The Bertz CT molecular complexity index is 30.6. The zero-order valence-corrected chi connectivity index (χ0v) is 8.22. The Kier molecular flexibility index (Phi) is 53.0. The van der Waals surface area contributed by atoms with Crippen LogP contribution in [0.2, 0.25) is 0 Å². The molecule has 0 aliphatic carbocycles. The van der Waals surface area contributed by atoms with Crippen molar-refractivity contribution < 1.29 is 14.9 Å². The summed E-state index contributed by atoms with van der Waals surface area (Å²) in [6.45, 7) is 0. The Morgan fingerprint density at radius 3 is 1.20 bits per heavy atom. The Hall–Kier alpha value is 1.93. The van der Waals surface area contributed by atoms with Gasteiger partial charge in [0.2, 0.25) is 0 Å². The average molecular weight is 295 g/mol. The van der Waals surface area contributed by atoms with Crippen LogP contribution in [-0.4, -0.2) is 23.9 Å². The Balaban J connectivity index is -0.0000000200. The van der Waals surface area contributed by atoms with E-state index >= 15 is 0 Å². The van der Waals surface area contributed by atoms with Gasteiger partial charge in [-0.15, -0.1) is 0 Å². The van der Waals surface area contributed by atoms with Crippen molar-refractivity contribution in [3.8, 4) is 0 Å². The zero-order chi connectivity index (χ0) is 2.71. The molecule has 0 rings (SSSR count). The van der Waals surface area contributed by atoms with Crippen LogP contribution in [0.1, 0.15) is 7.43 Å². The van der Waals surface area contributed by atoms with Gasteiger partial charge in [0.15, 0.2) is 0 Å². The van der Waals surface area contributed by atoms with E-state index in [0.29, 0.717) is 0 Å². The first kappa shape index (κ1) is 15.8. The molecule has 30 valence electrons. The fourth-order valence-corrected chi connectivity index (χ4v) is 0. The molecule has 0 N–H and O–H groups in total. The van der Waals surface area contributed by atoms with E-state index in [2.05, 4.69) is 19.6 Å². The van der Waals surface area contributed by atoms with Crippen molar-refractivity contribution >= 4 is 43.6 Å². The topological polar surface area (TPSA) is 0 Å². The monoisotopic (exact) mass is 298 g/mol. The van der Waals surface area contributed by atoms with E-state index in [4.69, 9.17) is 0 Å². The summed E-state index contributed by atoms with van der Waals surface area (Å²) in [5.41, 5.74) is 0. The van der Waals surface area contributed by atoms with Gasteiger partial charge in [0.05, 0.1) is 0 Å². The van der Waals surface area contributed by atoms with E-state index in [1.54, 1.807) is 0 Å². The zero-order valence-electron chi connectivity index (χ0n) is 1.72. The Morgan fingerprint density at radius 1 is 1.20 bits per heavy atom. The molecule has 0 saturated carbocycles. The SMILES string of the molecule is C.[S]=[Mo]=[S].[Sn]. The molecule has 0 atom stereocenters. The maximum Gasteiger partial charge on any atom is 0 e. The molecule has 0 aromatic rings. The summed E-state index contributed by atoms with van der Waals surface area (Å²) >= 11 is -0.363. The van der Waals surface area contributed by atoms with Gasteiger partial charge in [0, 0.05) is 23.9 Å². The van der Waals surface area contributed by atoms with Gasteiger partial charge in [-0.05, 0) is 0 Å². The normalized spacial score (nSPS) is 2.40. The maximum atomic E-state index is 4.34. The van der Waals surface area contributed by atoms with Crippen LogP contribution in [0.3, 0.4) is 0 Å². The molecule has 0 aliphatic rings. The standard InChI is InChI=1S/CH4.Mo.2S.Sn/h1H4;;;;. The van der Waals surface area contributed by atoms with E-state index in [-0.39, 0.29) is 46.3 Å². The second kappa shape index (κ2) is 16.8. The van der Waals surface area contributed by atoms with Crippen LogP contribution < -0.4 is 0 Å². The minimum absolute atomic E-state index is 0. The van der Waals surface area contributed by atoms with Gasteiger partial charge < -0.3 is 0 Å². The third kappa shape index (κ3) is 24.6. The van der Waals surface area contributed by atoms with Gasteiger partial charge in [0.25, 0.3) is 0 Å². The third-order valence-corrected chi connectivity index (χ3v) is 0. The van der Waals surface area contributed by atoms with Gasteiger partial charge in [-0.25, -0.2) is 0 Å². The van der Waals surface area contributed by atoms with Gasteiger partial charge in [-0.3, -0.25) is 0 Å². The predicted octanol–water partition coefficient (Wildman–Crippen LogP) is 1.55. The van der Waals surface area contributed by atoms with Crippen molar-refractivity contribution in [2.75, 3.05) is 0 Å². The molecule has 0 aromatic heterocycles. The number of hydrogen-bond donors (Lipinski definition) is 0. The van der Waals surface area contributed by atoms with Gasteiger partial charge >= 0.3 is 34.6 Å². The van der Waals surface area contributed by atoms with Crippen LogP contribution in [0.15, 0.2) is 0 Å². The van der Waals surface area contributed by atoms with Gasteiger partial charge in [0.1, 0.15) is 0 Å². The summed E-state index contributed by atoms with van der Waals surface area (Å²) < 4.78 is 0. The molecule has 0 aromatic carbocycles. The summed E-state index contributed by atoms with van der Waals surface area (Å²) in [5, 5.41) is 0. The van der Waals surface area contributed by atoms with Crippen LogP contribution in [-0.2, 0) is 14.9 Å². The quantitative estimate of drug-likeness (QED) is 0.622. The molecule has 5 heavy (non-hydrogen) atoms. The number of hydrogen-bond acceptors (Lipinski definition) is 2. The molecule has 0 heterocycles. The summed E-state index contributed by atoms with van der Waals surface area (Å²) in [5.74, 6) is 0.